The van der Waals surface area contributed by atoms with Crippen LogP contribution < -0.4 is 10.6 Å². The van der Waals surface area contributed by atoms with Gasteiger partial charge < -0.3 is 10.6 Å². The second-order valence-electron chi connectivity index (χ2n) is 4.33. The van der Waals surface area contributed by atoms with E-state index in [9.17, 15) is 4.79 Å². The molecule has 0 fully saturated rings. The molecule has 2 aromatic rings. The lowest BCUT2D eigenvalue weighted by Crippen LogP contribution is -2.31. The van der Waals surface area contributed by atoms with Crippen LogP contribution in [-0.4, -0.2) is 16.9 Å². The monoisotopic (exact) mass is 275 g/mol. The van der Waals surface area contributed by atoms with Gasteiger partial charge in [-0.3, -0.25) is 4.79 Å². The summed E-state index contributed by atoms with van der Waals surface area (Å²) in [4.78, 5) is 16.2. The van der Waals surface area contributed by atoms with Gasteiger partial charge in [0.1, 0.15) is 0 Å². The zero-order valence-electron chi connectivity index (χ0n) is 11.0. The average molecular weight is 275 g/mol. The topological polar surface area (TPSA) is 54.0 Å². The van der Waals surface area contributed by atoms with Crippen molar-refractivity contribution in [2.75, 3.05) is 5.32 Å². The first-order valence-electron chi connectivity index (χ1n) is 6.26. The lowest BCUT2D eigenvalue weighted by molar-refractivity contribution is 0.0939. The summed E-state index contributed by atoms with van der Waals surface area (Å²) in [5.74, 6) is -0.0443. The molecule has 0 saturated carbocycles. The molecule has 0 aliphatic rings. The number of carbonyl (C=O) groups excluding carboxylic acids is 1. The van der Waals surface area contributed by atoms with Gasteiger partial charge in [0, 0.05) is 28.9 Å². The van der Waals surface area contributed by atoms with E-state index < -0.39 is 0 Å². The molecule has 5 heteroatoms. The molecule has 0 bridgehead atoms. The van der Waals surface area contributed by atoms with Gasteiger partial charge in [-0.15, -0.1) is 11.3 Å². The molecule has 1 aromatic carbocycles. The van der Waals surface area contributed by atoms with Crippen LogP contribution in [0.15, 0.2) is 35.8 Å². The van der Waals surface area contributed by atoms with E-state index in [2.05, 4.69) is 15.6 Å². The molecule has 1 amide bonds. The number of thiazole rings is 1. The summed E-state index contributed by atoms with van der Waals surface area (Å²) in [7, 11) is 0. The predicted molar refractivity (Wildman–Crippen MR) is 79.1 cm³/mol. The van der Waals surface area contributed by atoms with Crippen molar-refractivity contribution >= 4 is 28.1 Å². The molecule has 0 aliphatic carbocycles. The standard InChI is InChI=1S/C14H17N3OS/c1-3-10(2)16-13(18)11-5-4-6-12(9-11)17-14-15-7-8-19-14/h4-10H,3H2,1-2H3,(H,15,17)(H,16,18). The molecule has 19 heavy (non-hydrogen) atoms. The molecule has 100 valence electrons. The third-order valence-corrected chi connectivity index (χ3v) is 3.49. The fourth-order valence-corrected chi connectivity index (χ4v) is 2.11. The van der Waals surface area contributed by atoms with E-state index in [-0.39, 0.29) is 11.9 Å². The number of amides is 1. The lowest BCUT2D eigenvalue weighted by Gasteiger charge is -2.12. The number of nitrogens with one attached hydrogen (secondary N) is 2. The van der Waals surface area contributed by atoms with Gasteiger partial charge in [-0.1, -0.05) is 13.0 Å². The van der Waals surface area contributed by atoms with Crippen LogP contribution in [0, 0.1) is 0 Å². The zero-order valence-corrected chi connectivity index (χ0v) is 11.8. The van der Waals surface area contributed by atoms with Crippen molar-refractivity contribution in [3.63, 3.8) is 0 Å². The first kappa shape index (κ1) is 13.5. The highest BCUT2D eigenvalue weighted by molar-refractivity contribution is 7.13. The Morgan fingerprint density at radius 3 is 3.00 bits per heavy atom. The Bertz CT molecular complexity index is 539. The highest BCUT2D eigenvalue weighted by Gasteiger charge is 2.09. The van der Waals surface area contributed by atoms with Gasteiger partial charge in [0.05, 0.1) is 0 Å². The van der Waals surface area contributed by atoms with Crippen LogP contribution in [0.4, 0.5) is 10.8 Å². The largest absolute Gasteiger partial charge is 0.350 e. The maximum absolute atomic E-state index is 12.0. The maximum Gasteiger partial charge on any atom is 0.251 e. The van der Waals surface area contributed by atoms with Gasteiger partial charge >= 0.3 is 0 Å². The summed E-state index contributed by atoms with van der Waals surface area (Å²) in [6.45, 7) is 4.04. The summed E-state index contributed by atoms with van der Waals surface area (Å²) in [6, 6.07) is 7.61. The lowest BCUT2D eigenvalue weighted by atomic mass is 10.1. The number of nitrogens with zero attached hydrogens (tertiary/aromatic N) is 1. The van der Waals surface area contributed by atoms with E-state index in [4.69, 9.17) is 0 Å². The summed E-state index contributed by atoms with van der Waals surface area (Å²) in [5, 5.41) is 8.85. The quantitative estimate of drug-likeness (QED) is 0.879. The third kappa shape index (κ3) is 3.79. The normalized spacial score (nSPS) is 11.9. The second-order valence-corrected chi connectivity index (χ2v) is 5.22. The molecule has 1 heterocycles. The van der Waals surface area contributed by atoms with E-state index in [1.807, 2.05) is 43.5 Å². The minimum Gasteiger partial charge on any atom is -0.350 e. The summed E-state index contributed by atoms with van der Waals surface area (Å²) >= 11 is 1.52. The van der Waals surface area contributed by atoms with Crippen LogP contribution in [0.25, 0.3) is 0 Å². The molecular formula is C14H17N3OS. The van der Waals surface area contributed by atoms with Crippen LogP contribution in [0.2, 0.25) is 0 Å². The average Bonchev–Trinajstić information content (AvgIpc) is 2.91. The maximum atomic E-state index is 12.0. The van der Waals surface area contributed by atoms with Gasteiger partial charge in [0.15, 0.2) is 5.13 Å². The number of hydrogen-bond acceptors (Lipinski definition) is 4. The van der Waals surface area contributed by atoms with Crippen LogP contribution in [0.3, 0.4) is 0 Å². The Hall–Kier alpha value is -1.88. The highest BCUT2D eigenvalue weighted by Crippen LogP contribution is 2.19. The molecule has 2 rings (SSSR count). The molecule has 0 aliphatic heterocycles. The van der Waals surface area contributed by atoms with Gasteiger partial charge in [0.25, 0.3) is 5.91 Å². The number of aromatic nitrogens is 1. The molecule has 0 saturated heterocycles. The van der Waals surface area contributed by atoms with E-state index >= 15 is 0 Å². The van der Waals surface area contributed by atoms with E-state index in [0.29, 0.717) is 5.56 Å². The number of hydrogen-bond donors (Lipinski definition) is 2. The SMILES string of the molecule is CCC(C)NC(=O)c1cccc(Nc2nccs2)c1. The van der Waals surface area contributed by atoms with Crippen molar-refractivity contribution in [2.45, 2.75) is 26.3 Å². The van der Waals surface area contributed by atoms with Gasteiger partial charge in [0.2, 0.25) is 0 Å². The molecule has 0 spiro atoms. The Kier molecular flexibility index (Phi) is 4.52. The van der Waals surface area contributed by atoms with Crippen molar-refractivity contribution in [1.29, 1.82) is 0 Å². The number of anilines is 2. The summed E-state index contributed by atoms with van der Waals surface area (Å²) < 4.78 is 0. The fraction of sp³-hybridized carbons (Fsp3) is 0.286. The Balaban J connectivity index is 2.08. The van der Waals surface area contributed by atoms with Crippen molar-refractivity contribution in [1.82, 2.24) is 10.3 Å². The van der Waals surface area contributed by atoms with Crippen molar-refractivity contribution < 1.29 is 4.79 Å². The van der Waals surface area contributed by atoms with Crippen molar-refractivity contribution in [3.05, 3.63) is 41.4 Å². The van der Waals surface area contributed by atoms with E-state index in [1.165, 1.54) is 11.3 Å². The predicted octanol–water partition coefficient (Wildman–Crippen LogP) is 3.42. The van der Waals surface area contributed by atoms with Crippen LogP contribution in [0.5, 0.6) is 0 Å². The highest BCUT2D eigenvalue weighted by atomic mass is 32.1. The van der Waals surface area contributed by atoms with Crippen LogP contribution in [-0.2, 0) is 0 Å². The summed E-state index contributed by atoms with van der Waals surface area (Å²) in [6.07, 6.45) is 2.66. The minimum atomic E-state index is -0.0443. The molecular weight excluding hydrogens is 258 g/mol. The second kappa shape index (κ2) is 6.33. The van der Waals surface area contributed by atoms with Crippen molar-refractivity contribution in [3.8, 4) is 0 Å². The van der Waals surface area contributed by atoms with Gasteiger partial charge in [-0.25, -0.2) is 4.98 Å². The smallest absolute Gasteiger partial charge is 0.251 e. The minimum absolute atomic E-state index is 0.0443. The molecule has 4 nitrogen and oxygen atoms in total. The molecule has 2 N–H and O–H groups in total. The Morgan fingerprint density at radius 1 is 1.47 bits per heavy atom. The zero-order chi connectivity index (χ0) is 13.7. The first-order valence-corrected chi connectivity index (χ1v) is 7.14. The number of rotatable bonds is 5. The van der Waals surface area contributed by atoms with Gasteiger partial charge in [-0.05, 0) is 31.5 Å². The molecule has 1 atom stereocenters. The van der Waals surface area contributed by atoms with E-state index in [0.717, 1.165) is 17.2 Å². The Labute approximate surface area is 116 Å². The molecule has 1 unspecified atom stereocenters. The fourth-order valence-electron chi connectivity index (χ4n) is 1.56. The Morgan fingerprint density at radius 2 is 2.32 bits per heavy atom. The number of carbonyl (C=O) groups is 1. The number of benzene rings is 1. The first-order chi connectivity index (χ1) is 9.19. The van der Waals surface area contributed by atoms with Crippen molar-refractivity contribution in [2.24, 2.45) is 0 Å². The van der Waals surface area contributed by atoms with E-state index in [1.54, 1.807) is 6.20 Å². The van der Waals surface area contributed by atoms with Crippen LogP contribution >= 0.6 is 11.3 Å². The van der Waals surface area contributed by atoms with Gasteiger partial charge in [-0.2, -0.15) is 0 Å². The van der Waals surface area contributed by atoms with Crippen LogP contribution in [0.1, 0.15) is 30.6 Å². The molecule has 0 radical (unpaired) electrons. The third-order valence-electron chi connectivity index (χ3n) is 2.80. The molecule has 1 aromatic heterocycles. The summed E-state index contributed by atoms with van der Waals surface area (Å²) in [5.41, 5.74) is 1.52.